The van der Waals surface area contributed by atoms with Crippen LogP contribution in [0.3, 0.4) is 0 Å². The van der Waals surface area contributed by atoms with E-state index in [-0.39, 0.29) is 0 Å². The second-order valence-corrected chi connectivity index (χ2v) is 5.37. The number of rotatable bonds is 1. The summed E-state index contributed by atoms with van der Waals surface area (Å²) in [5, 5.41) is 3.70. The number of aryl methyl sites for hydroxylation is 1. The molecule has 0 bridgehead atoms. The molecule has 0 saturated heterocycles. The summed E-state index contributed by atoms with van der Waals surface area (Å²) in [4.78, 5) is 4.90. The van der Waals surface area contributed by atoms with Crippen molar-refractivity contribution in [2.45, 2.75) is 6.92 Å². The van der Waals surface area contributed by atoms with E-state index in [1.165, 1.54) is 27.3 Å². The van der Waals surface area contributed by atoms with E-state index in [9.17, 15) is 0 Å². The molecular formula is C20H15N. The predicted octanol–water partition coefficient (Wildman–Crippen LogP) is 5.36. The number of benzene rings is 3. The number of aromatic nitrogens is 1. The molecule has 0 saturated carbocycles. The van der Waals surface area contributed by atoms with E-state index in [2.05, 4.69) is 73.7 Å². The highest BCUT2D eigenvalue weighted by molar-refractivity contribution is 5.97. The maximum absolute atomic E-state index is 4.90. The van der Waals surface area contributed by atoms with Crippen molar-refractivity contribution < 1.29 is 0 Å². The topological polar surface area (TPSA) is 12.9 Å². The van der Waals surface area contributed by atoms with Gasteiger partial charge in [-0.25, -0.2) is 4.98 Å². The van der Waals surface area contributed by atoms with E-state index >= 15 is 0 Å². The first-order valence-electron chi connectivity index (χ1n) is 7.17. The van der Waals surface area contributed by atoms with Crippen LogP contribution in [-0.2, 0) is 0 Å². The number of fused-ring (bicyclic) bond motifs is 2. The fourth-order valence-electron chi connectivity index (χ4n) is 2.93. The summed E-state index contributed by atoms with van der Waals surface area (Å²) in [5.41, 5.74) is 4.54. The maximum Gasteiger partial charge on any atom is 0.0745 e. The van der Waals surface area contributed by atoms with Crippen LogP contribution in [0.2, 0.25) is 0 Å². The van der Waals surface area contributed by atoms with Crippen molar-refractivity contribution in [1.29, 1.82) is 0 Å². The molecular weight excluding hydrogens is 254 g/mol. The first-order valence-corrected chi connectivity index (χ1v) is 7.17. The maximum atomic E-state index is 4.90. The molecule has 0 aliphatic rings. The van der Waals surface area contributed by atoms with Crippen molar-refractivity contribution in [1.82, 2.24) is 4.98 Å². The fourth-order valence-corrected chi connectivity index (χ4v) is 2.93. The standard InChI is InChI=1S/C20H15N/c1-14-13-16-8-3-5-12-19(16)21-20(14)18-11-6-9-15-7-2-4-10-17(15)18/h2-13H,1H3. The second-order valence-electron chi connectivity index (χ2n) is 5.37. The van der Waals surface area contributed by atoms with Crippen LogP contribution in [0.25, 0.3) is 32.9 Å². The lowest BCUT2D eigenvalue weighted by atomic mass is 9.98. The van der Waals surface area contributed by atoms with Crippen LogP contribution in [0.15, 0.2) is 72.8 Å². The van der Waals surface area contributed by atoms with Crippen LogP contribution in [0.1, 0.15) is 5.56 Å². The normalized spacial score (nSPS) is 11.1. The molecule has 0 aliphatic heterocycles. The summed E-state index contributed by atoms with van der Waals surface area (Å²) in [6, 6.07) is 25.4. The summed E-state index contributed by atoms with van der Waals surface area (Å²) in [7, 11) is 0. The molecule has 4 rings (SSSR count). The van der Waals surface area contributed by atoms with E-state index in [1.54, 1.807) is 0 Å². The molecule has 1 heterocycles. The minimum atomic E-state index is 1.05. The Bertz CT molecular complexity index is 949. The van der Waals surface area contributed by atoms with Gasteiger partial charge >= 0.3 is 0 Å². The van der Waals surface area contributed by atoms with Gasteiger partial charge in [-0.1, -0.05) is 60.7 Å². The molecule has 4 aromatic rings. The molecule has 1 nitrogen and oxygen atoms in total. The predicted molar refractivity (Wildman–Crippen MR) is 89.4 cm³/mol. The monoisotopic (exact) mass is 269 g/mol. The minimum absolute atomic E-state index is 1.05. The van der Waals surface area contributed by atoms with Crippen LogP contribution in [0.5, 0.6) is 0 Å². The molecule has 0 fully saturated rings. The average molecular weight is 269 g/mol. The summed E-state index contributed by atoms with van der Waals surface area (Å²) in [6.07, 6.45) is 0. The molecule has 3 aromatic carbocycles. The second kappa shape index (κ2) is 4.71. The van der Waals surface area contributed by atoms with Gasteiger partial charge in [-0.3, -0.25) is 0 Å². The molecule has 0 spiro atoms. The lowest BCUT2D eigenvalue weighted by Crippen LogP contribution is -1.91. The lowest BCUT2D eigenvalue weighted by Gasteiger charge is -2.10. The molecule has 21 heavy (non-hydrogen) atoms. The summed E-state index contributed by atoms with van der Waals surface area (Å²) < 4.78 is 0. The Morgan fingerprint density at radius 2 is 1.43 bits per heavy atom. The number of hydrogen-bond acceptors (Lipinski definition) is 1. The van der Waals surface area contributed by atoms with Crippen LogP contribution < -0.4 is 0 Å². The molecule has 1 heteroatoms. The number of para-hydroxylation sites is 1. The van der Waals surface area contributed by atoms with Crippen molar-refractivity contribution in [3.63, 3.8) is 0 Å². The molecule has 100 valence electrons. The van der Waals surface area contributed by atoms with Gasteiger partial charge in [-0.2, -0.15) is 0 Å². The van der Waals surface area contributed by atoms with Gasteiger partial charge in [-0.05, 0) is 35.4 Å². The zero-order valence-corrected chi connectivity index (χ0v) is 11.9. The quantitative estimate of drug-likeness (QED) is 0.453. The van der Waals surface area contributed by atoms with E-state index in [0.29, 0.717) is 0 Å². The zero-order chi connectivity index (χ0) is 14.2. The largest absolute Gasteiger partial charge is 0.247 e. The van der Waals surface area contributed by atoms with Gasteiger partial charge in [0.15, 0.2) is 0 Å². The first kappa shape index (κ1) is 12.1. The van der Waals surface area contributed by atoms with Crippen molar-refractivity contribution in [2.75, 3.05) is 0 Å². The van der Waals surface area contributed by atoms with Gasteiger partial charge in [0.05, 0.1) is 11.2 Å². The van der Waals surface area contributed by atoms with Gasteiger partial charge in [-0.15, -0.1) is 0 Å². The van der Waals surface area contributed by atoms with E-state index in [0.717, 1.165) is 11.2 Å². The first-order chi connectivity index (χ1) is 10.3. The van der Waals surface area contributed by atoms with Crippen LogP contribution >= 0.6 is 0 Å². The Morgan fingerprint density at radius 1 is 0.714 bits per heavy atom. The molecule has 0 atom stereocenters. The highest BCUT2D eigenvalue weighted by atomic mass is 14.7. The molecule has 0 unspecified atom stereocenters. The highest BCUT2D eigenvalue weighted by Crippen LogP contribution is 2.31. The van der Waals surface area contributed by atoms with Gasteiger partial charge in [0.25, 0.3) is 0 Å². The van der Waals surface area contributed by atoms with Crippen molar-refractivity contribution in [3.8, 4) is 11.3 Å². The third-order valence-corrected chi connectivity index (χ3v) is 3.96. The Balaban J connectivity index is 2.06. The lowest BCUT2D eigenvalue weighted by molar-refractivity contribution is 1.34. The summed E-state index contributed by atoms with van der Waals surface area (Å²) in [6.45, 7) is 2.14. The molecule has 0 N–H and O–H groups in total. The summed E-state index contributed by atoms with van der Waals surface area (Å²) in [5.74, 6) is 0. The Labute approximate surface area is 123 Å². The molecule has 1 aromatic heterocycles. The van der Waals surface area contributed by atoms with Gasteiger partial charge < -0.3 is 0 Å². The summed E-state index contributed by atoms with van der Waals surface area (Å²) >= 11 is 0. The Kier molecular flexibility index (Phi) is 2.71. The van der Waals surface area contributed by atoms with Gasteiger partial charge in [0, 0.05) is 10.9 Å². The van der Waals surface area contributed by atoms with Crippen molar-refractivity contribution >= 4 is 21.7 Å². The number of nitrogens with zero attached hydrogens (tertiary/aromatic N) is 1. The van der Waals surface area contributed by atoms with Gasteiger partial charge in [0.1, 0.15) is 0 Å². The van der Waals surface area contributed by atoms with E-state index in [4.69, 9.17) is 4.98 Å². The Hall–Kier alpha value is -2.67. The number of pyridine rings is 1. The molecule has 0 aliphatic carbocycles. The number of hydrogen-bond donors (Lipinski definition) is 0. The third kappa shape index (κ3) is 1.98. The molecule has 0 amide bonds. The SMILES string of the molecule is Cc1cc2ccccc2nc1-c1cccc2ccccc12. The van der Waals surface area contributed by atoms with Crippen molar-refractivity contribution in [3.05, 3.63) is 78.4 Å². The van der Waals surface area contributed by atoms with E-state index in [1.807, 2.05) is 6.07 Å². The van der Waals surface area contributed by atoms with E-state index < -0.39 is 0 Å². The smallest absolute Gasteiger partial charge is 0.0745 e. The Morgan fingerprint density at radius 3 is 2.33 bits per heavy atom. The molecule has 0 radical (unpaired) electrons. The third-order valence-electron chi connectivity index (χ3n) is 3.96. The fraction of sp³-hybridized carbons (Fsp3) is 0.0500. The van der Waals surface area contributed by atoms with Crippen LogP contribution in [0.4, 0.5) is 0 Å². The van der Waals surface area contributed by atoms with Gasteiger partial charge in [0.2, 0.25) is 0 Å². The minimum Gasteiger partial charge on any atom is -0.247 e. The van der Waals surface area contributed by atoms with Crippen LogP contribution in [0, 0.1) is 6.92 Å². The highest BCUT2D eigenvalue weighted by Gasteiger charge is 2.09. The zero-order valence-electron chi connectivity index (χ0n) is 11.9. The van der Waals surface area contributed by atoms with Crippen LogP contribution in [-0.4, -0.2) is 4.98 Å². The van der Waals surface area contributed by atoms with Crippen molar-refractivity contribution in [2.24, 2.45) is 0 Å². The average Bonchev–Trinajstić information content (AvgIpc) is 2.54.